The van der Waals surface area contributed by atoms with Crippen molar-refractivity contribution < 1.29 is 18.7 Å². The van der Waals surface area contributed by atoms with Crippen molar-refractivity contribution in [3.05, 3.63) is 48.3 Å². The smallest absolute Gasteiger partial charge is 0.273 e. The van der Waals surface area contributed by atoms with Crippen molar-refractivity contribution in [2.24, 2.45) is 0 Å². The molecule has 28 heavy (non-hydrogen) atoms. The van der Waals surface area contributed by atoms with Gasteiger partial charge in [-0.1, -0.05) is 29.5 Å². The van der Waals surface area contributed by atoms with Crippen molar-refractivity contribution >= 4 is 32.6 Å². The molecule has 1 aliphatic rings. The van der Waals surface area contributed by atoms with E-state index in [1.54, 1.807) is 29.2 Å². The number of nitrogens with zero attached hydrogens (tertiary/aromatic N) is 3. The van der Waals surface area contributed by atoms with Crippen LogP contribution in [0.1, 0.15) is 0 Å². The molecule has 146 valence electrons. The van der Waals surface area contributed by atoms with Gasteiger partial charge < -0.3 is 14.4 Å². The van der Waals surface area contributed by atoms with Gasteiger partial charge in [0, 0.05) is 13.1 Å². The number of anilines is 1. The summed E-state index contributed by atoms with van der Waals surface area (Å²) < 4.78 is 26.3. The number of thiazole rings is 1. The fourth-order valence-corrected chi connectivity index (χ4v) is 3.95. The average Bonchev–Trinajstić information content (AvgIpc) is 3.12. The highest BCUT2D eigenvalue weighted by atomic mass is 32.1. The Labute approximate surface area is 166 Å². The van der Waals surface area contributed by atoms with Crippen molar-refractivity contribution in [3.8, 4) is 11.5 Å². The van der Waals surface area contributed by atoms with Gasteiger partial charge in [-0.15, -0.1) is 0 Å². The fraction of sp³-hybridized carbons (Fsp3) is 0.300. The van der Waals surface area contributed by atoms with Crippen molar-refractivity contribution in [2.45, 2.75) is 6.10 Å². The van der Waals surface area contributed by atoms with Gasteiger partial charge >= 0.3 is 0 Å². The number of fused-ring (bicyclic) bond motifs is 2. The molecule has 0 saturated carbocycles. The number of rotatable bonds is 5. The molecule has 0 N–H and O–H groups in total. The third-order valence-corrected chi connectivity index (χ3v) is 5.45. The summed E-state index contributed by atoms with van der Waals surface area (Å²) in [5, 5.41) is 0.453. The molecule has 2 heterocycles. The molecule has 3 aromatic rings. The second-order valence-corrected chi connectivity index (χ2v) is 7.75. The van der Waals surface area contributed by atoms with E-state index in [0.29, 0.717) is 34.4 Å². The lowest BCUT2D eigenvalue weighted by Gasteiger charge is -2.30. The van der Waals surface area contributed by atoms with Crippen LogP contribution >= 0.6 is 11.3 Å². The maximum atomic E-state index is 14.1. The lowest BCUT2D eigenvalue weighted by Crippen LogP contribution is -2.48. The van der Waals surface area contributed by atoms with E-state index >= 15 is 0 Å². The molecule has 0 radical (unpaired) electrons. The summed E-state index contributed by atoms with van der Waals surface area (Å²) in [7, 11) is 3.86. The topological polar surface area (TPSA) is 54.9 Å². The first-order valence-corrected chi connectivity index (χ1v) is 9.74. The van der Waals surface area contributed by atoms with E-state index < -0.39 is 11.9 Å². The quantitative estimate of drug-likeness (QED) is 0.657. The number of halogens is 1. The van der Waals surface area contributed by atoms with Crippen LogP contribution in [0, 0.1) is 5.82 Å². The molecular formula is C20H20FN3O3S. The molecule has 1 amide bonds. The third kappa shape index (κ3) is 3.65. The van der Waals surface area contributed by atoms with E-state index in [4.69, 9.17) is 9.47 Å². The Morgan fingerprint density at radius 3 is 2.71 bits per heavy atom. The minimum Gasteiger partial charge on any atom is -0.485 e. The van der Waals surface area contributed by atoms with Gasteiger partial charge in [-0.25, -0.2) is 9.37 Å². The van der Waals surface area contributed by atoms with Crippen molar-refractivity contribution in [1.82, 2.24) is 9.88 Å². The van der Waals surface area contributed by atoms with Crippen molar-refractivity contribution in [2.75, 3.05) is 38.7 Å². The summed E-state index contributed by atoms with van der Waals surface area (Å²) in [4.78, 5) is 21.2. The largest absolute Gasteiger partial charge is 0.485 e. The molecule has 1 atom stereocenters. The van der Waals surface area contributed by atoms with Gasteiger partial charge in [0.1, 0.15) is 17.9 Å². The first-order chi connectivity index (χ1) is 13.5. The predicted molar refractivity (Wildman–Crippen MR) is 107 cm³/mol. The van der Waals surface area contributed by atoms with Gasteiger partial charge in [0.2, 0.25) is 6.10 Å². The van der Waals surface area contributed by atoms with Gasteiger partial charge in [0.15, 0.2) is 16.6 Å². The van der Waals surface area contributed by atoms with E-state index in [0.717, 1.165) is 0 Å². The zero-order valence-corrected chi connectivity index (χ0v) is 16.4. The average molecular weight is 401 g/mol. The van der Waals surface area contributed by atoms with Crippen LogP contribution in [-0.4, -0.2) is 55.7 Å². The molecule has 4 rings (SSSR count). The van der Waals surface area contributed by atoms with Gasteiger partial charge in [-0.05, 0) is 38.4 Å². The zero-order chi connectivity index (χ0) is 19.7. The second kappa shape index (κ2) is 7.73. The van der Waals surface area contributed by atoms with Crippen LogP contribution in [0.15, 0.2) is 42.5 Å². The predicted octanol–water partition coefficient (Wildman–Crippen LogP) is 3.17. The highest BCUT2D eigenvalue weighted by molar-refractivity contribution is 7.22. The monoisotopic (exact) mass is 401 g/mol. The number of hydrogen-bond donors (Lipinski definition) is 0. The summed E-state index contributed by atoms with van der Waals surface area (Å²) in [6.07, 6.45) is -0.783. The van der Waals surface area contributed by atoms with Gasteiger partial charge in [-0.3, -0.25) is 9.69 Å². The van der Waals surface area contributed by atoms with Crippen molar-refractivity contribution in [3.63, 3.8) is 0 Å². The second-order valence-electron chi connectivity index (χ2n) is 6.74. The number of benzene rings is 2. The van der Waals surface area contributed by atoms with Crippen LogP contribution in [0.2, 0.25) is 0 Å². The van der Waals surface area contributed by atoms with Crippen molar-refractivity contribution in [1.29, 1.82) is 0 Å². The Balaban J connectivity index is 1.63. The Hall–Kier alpha value is -2.71. The summed E-state index contributed by atoms with van der Waals surface area (Å²) in [5.41, 5.74) is 0.274. The number of amides is 1. The molecule has 0 fully saturated rings. The number of carbonyl (C=O) groups is 1. The molecular weight excluding hydrogens is 381 g/mol. The fourth-order valence-electron chi connectivity index (χ4n) is 2.93. The Morgan fingerprint density at radius 2 is 1.96 bits per heavy atom. The summed E-state index contributed by atoms with van der Waals surface area (Å²) in [5.74, 6) is 0.505. The number of hydrogen-bond acceptors (Lipinski definition) is 6. The Bertz CT molecular complexity index is 1010. The van der Waals surface area contributed by atoms with E-state index in [2.05, 4.69) is 4.98 Å². The lowest BCUT2D eigenvalue weighted by atomic mass is 10.2. The molecule has 0 saturated heterocycles. The summed E-state index contributed by atoms with van der Waals surface area (Å²) >= 11 is 1.29. The Morgan fingerprint density at radius 1 is 1.18 bits per heavy atom. The third-order valence-electron chi connectivity index (χ3n) is 4.41. The van der Waals surface area contributed by atoms with Crippen LogP contribution in [0.4, 0.5) is 9.52 Å². The number of carbonyl (C=O) groups excluding carboxylic acids is 1. The minimum atomic E-state index is -0.783. The van der Waals surface area contributed by atoms with E-state index in [1.807, 2.05) is 31.1 Å². The number of para-hydroxylation sites is 3. The first-order valence-electron chi connectivity index (χ1n) is 8.92. The van der Waals surface area contributed by atoms with E-state index in [9.17, 15) is 9.18 Å². The first kappa shape index (κ1) is 18.6. The molecule has 0 aliphatic carbocycles. The number of aromatic nitrogens is 1. The SMILES string of the molecule is CN(C)CCN(C(=O)C1COc2ccccc2O1)c1nc2c(F)cccc2s1. The van der Waals surface area contributed by atoms with Crippen LogP contribution in [-0.2, 0) is 4.79 Å². The lowest BCUT2D eigenvalue weighted by molar-refractivity contribution is -0.127. The maximum absolute atomic E-state index is 14.1. The summed E-state index contributed by atoms with van der Waals surface area (Å²) in [6.45, 7) is 1.16. The number of ether oxygens (including phenoxy) is 2. The van der Waals surface area contributed by atoms with Crippen LogP contribution in [0.5, 0.6) is 11.5 Å². The molecule has 6 nitrogen and oxygen atoms in total. The van der Waals surface area contributed by atoms with E-state index in [1.165, 1.54) is 17.4 Å². The van der Waals surface area contributed by atoms with Crippen LogP contribution in [0.25, 0.3) is 10.2 Å². The Kier molecular flexibility index (Phi) is 5.15. The summed E-state index contributed by atoms with van der Waals surface area (Å²) in [6, 6.07) is 12.1. The van der Waals surface area contributed by atoms with Crippen LogP contribution < -0.4 is 14.4 Å². The molecule has 1 aromatic heterocycles. The van der Waals surface area contributed by atoms with Gasteiger partial charge in [0.05, 0.1) is 4.70 Å². The van der Waals surface area contributed by atoms with Crippen LogP contribution in [0.3, 0.4) is 0 Å². The van der Waals surface area contributed by atoms with E-state index in [-0.39, 0.29) is 18.0 Å². The molecule has 1 aliphatic heterocycles. The highest BCUT2D eigenvalue weighted by Crippen LogP contribution is 2.34. The molecule has 2 aromatic carbocycles. The minimum absolute atomic E-state index is 0.119. The number of likely N-dealkylation sites (N-methyl/N-ethyl adjacent to an activating group) is 1. The standard InChI is InChI=1S/C20H20FN3O3S/c1-23(2)10-11-24(20-22-18-13(21)6-5-9-17(18)28-20)19(25)16-12-26-14-7-3-4-8-15(14)27-16/h3-9,16H,10-12H2,1-2H3. The van der Waals surface area contributed by atoms with Gasteiger partial charge in [-0.2, -0.15) is 0 Å². The molecule has 8 heteroatoms. The molecule has 0 spiro atoms. The molecule has 0 bridgehead atoms. The normalized spacial score (nSPS) is 15.8. The highest BCUT2D eigenvalue weighted by Gasteiger charge is 2.33. The van der Waals surface area contributed by atoms with Gasteiger partial charge in [0.25, 0.3) is 5.91 Å². The molecule has 1 unspecified atom stereocenters. The maximum Gasteiger partial charge on any atom is 0.273 e. The zero-order valence-electron chi connectivity index (χ0n) is 15.6.